The highest BCUT2D eigenvalue weighted by atomic mass is 16.6. The number of hydrogen-bond acceptors (Lipinski definition) is 5. The Hall–Kier alpha value is -0.910. The van der Waals surface area contributed by atoms with E-state index in [1.54, 1.807) is 0 Å². The summed E-state index contributed by atoms with van der Waals surface area (Å²) in [5, 5.41) is 25.6. The summed E-state index contributed by atoms with van der Waals surface area (Å²) in [5.41, 5.74) is 0. The summed E-state index contributed by atoms with van der Waals surface area (Å²) in [6.07, 6.45) is 0.882. The molecule has 0 aromatic carbocycles. The highest BCUT2D eigenvalue weighted by molar-refractivity contribution is 5.81. The molecular formula is C6H10O5. The Balaban J connectivity index is 3.69. The molecule has 0 aromatic rings. The van der Waals surface area contributed by atoms with E-state index in [4.69, 9.17) is 15.3 Å². The van der Waals surface area contributed by atoms with E-state index in [0.717, 1.165) is 6.08 Å². The number of aliphatic hydroxyl groups is 3. The maximum absolute atomic E-state index is 10.3. The van der Waals surface area contributed by atoms with Gasteiger partial charge in [-0.05, 0) is 0 Å². The molecule has 0 fully saturated rings. The highest BCUT2D eigenvalue weighted by Crippen LogP contribution is 1.97. The van der Waals surface area contributed by atoms with Gasteiger partial charge in [-0.2, -0.15) is 0 Å². The molecule has 0 aromatic heterocycles. The van der Waals surface area contributed by atoms with Crippen LogP contribution in [0.1, 0.15) is 0 Å². The Morgan fingerprint density at radius 3 is 2.55 bits per heavy atom. The number of carbonyl (C=O) groups excluding carboxylic acids is 1. The summed E-state index contributed by atoms with van der Waals surface area (Å²) in [7, 11) is 0. The number of esters is 1. The van der Waals surface area contributed by atoms with E-state index < -0.39 is 25.0 Å². The average molecular weight is 162 g/mol. The maximum Gasteiger partial charge on any atom is 0.330 e. The van der Waals surface area contributed by atoms with Crippen molar-refractivity contribution >= 4 is 5.97 Å². The van der Waals surface area contributed by atoms with Crippen LogP contribution in [0.4, 0.5) is 0 Å². The molecule has 0 aliphatic heterocycles. The predicted octanol–water partition coefficient (Wildman–Crippen LogP) is -1.61. The lowest BCUT2D eigenvalue weighted by atomic mass is 10.3. The van der Waals surface area contributed by atoms with Crippen molar-refractivity contribution in [2.75, 3.05) is 13.2 Å². The van der Waals surface area contributed by atoms with Crippen LogP contribution in [0.2, 0.25) is 0 Å². The molecule has 0 rings (SSSR count). The quantitative estimate of drug-likeness (QED) is 0.263. The second-order valence-electron chi connectivity index (χ2n) is 1.95. The SMILES string of the molecule is C=CC(=O)OCC(O)(O)CO. The van der Waals surface area contributed by atoms with Gasteiger partial charge in [0.25, 0.3) is 0 Å². The second-order valence-corrected chi connectivity index (χ2v) is 1.95. The molecule has 0 amide bonds. The van der Waals surface area contributed by atoms with E-state index in [0.29, 0.717) is 0 Å². The van der Waals surface area contributed by atoms with E-state index in [1.165, 1.54) is 0 Å². The van der Waals surface area contributed by atoms with Gasteiger partial charge in [-0.3, -0.25) is 0 Å². The van der Waals surface area contributed by atoms with Gasteiger partial charge in [-0.15, -0.1) is 0 Å². The van der Waals surface area contributed by atoms with Gasteiger partial charge in [0.1, 0.15) is 13.2 Å². The molecule has 0 unspecified atom stereocenters. The van der Waals surface area contributed by atoms with Gasteiger partial charge in [-0.1, -0.05) is 6.58 Å². The van der Waals surface area contributed by atoms with Gasteiger partial charge in [0.15, 0.2) is 0 Å². The molecule has 0 atom stereocenters. The molecular weight excluding hydrogens is 152 g/mol. The van der Waals surface area contributed by atoms with Crippen LogP contribution >= 0.6 is 0 Å². The minimum atomic E-state index is -2.36. The van der Waals surface area contributed by atoms with Crippen molar-refractivity contribution < 1.29 is 24.9 Å². The molecule has 0 saturated heterocycles. The molecule has 5 nitrogen and oxygen atoms in total. The van der Waals surface area contributed by atoms with Gasteiger partial charge in [0.2, 0.25) is 5.79 Å². The van der Waals surface area contributed by atoms with Crippen molar-refractivity contribution in [2.24, 2.45) is 0 Å². The van der Waals surface area contributed by atoms with Crippen LogP contribution in [0.25, 0.3) is 0 Å². The minimum Gasteiger partial charge on any atom is -0.457 e. The van der Waals surface area contributed by atoms with Gasteiger partial charge in [0.05, 0.1) is 0 Å². The topological polar surface area (TPSA) is 87.0 Å². The first-order chi connectivity index (χ1) is 5.02. The summed E-state index contributed by atoms with van der Waals surface area (Å²) in [5.74, 6) is -3.13. The van der Waals surface area contributed by atoms with Crippen LogP contribution in [0, 0.1) is 0 Å². The molecule has 0 heterocycles. The number of carbonyl (C=O) groups is 1. The minimum absolute atomic E-state index is 0.672. The van der Waals surface area contributed by atoms with Crippen molar-refractivity contribution in [3.8, 4) is 0 Å². The van der Waals surface area contributed by atoms with Crippen molar-refractivity contribution in [3.05, 3.63) is 12.7 Å². The zero-order valence-corrected chi connectivity index (χ0v) is 5.86. The molecule has 0 radical (unpaired) electrons. The van der Waals surface area contributed by atoms with Crippen molar-refractivity contribution in [1.29, 1.82) is 0 Å². The number of hydrogen-bond donors (Lipinski definition) is 3. The lowest BCUT2D eigenvalue weighted by molar-refractivity contribution is -0.217. The molecule has 5 heteroatoms. The highest BCUT2D eigenvalue weighted by Gasteiger charge is 2.23. The average Bonchev–Trinajstić information content (AvgIpc) is 2.00. The summed E-state index contributed by atoms with van der Waals surface area (Å²) in [4.78, 5) is 10.3. The standard InChI is InChI=1S/C6H10O5/c1-2-5(8)11-4-6(9,10)3-7/h2,7,9-10H,1,3-4H2. The van der Waals surface area contributed by atoms with Gasteiger partial charge < -0.3 is 20.1 Å². The summed E-state index contributed by atoms with van der Waals surface area (Å²) >= 11 is 0. The lowest BCUT2D eigenvalue weighted by Crippen LogP contribution is -2.38. The van der Waals surface area contributed by atoms with E-state index in [1.807, 2.05) is 0 Å². The predicted molar refractivity (Wildman–Crippen MR) is 35.4 cm³/mol. The smallest absolute Gasteiger partial charge is 0.330 e. The van der Waals surface area contributed by atoms with Crippen LogP contribution in [-0.2, 0) is 9.53 Å². The van der Waals surface area contributed by atoms with E-state index in [9.17, 15) is 4.79 Å². The summed E-state index contributed by atoms with van der Waals surface area (Å²) in [6, 6.07) is 0. The molecule has 3 N–H and O–H groups in total. The maximum atomic E-state index is 10.3. The monoisotopic (exact) mass is 162 g/mol. The van der Waals surface area contributed by atoms with Crippen molar-refractivity contribution in [1.82, 2.24) is 0 Å². The number of rotatable bonds is 4. The number of aliphatic hydroxyl groups excluding tert-OH is 1. The second kappa shape index (κ2) is 4.07. The van der Waals surface area contributed by atoms with Gasteiger partial charge in [0, 0.05) is 6.08 Å². The molecule has 64 valence electrons. The van der Waals surface area contributed by atoms with Crippen molar-refractivity contribution in [2.45, 2.75) is 5.79 Å². The van der Waals surface area contributed by atoms with Gasteiger partial charge >= 0.3 is 5.97 Å². The Morgan fingerprint density at radius 2 is 2.18 bits per heavy atom. The third-order valence-corrected chi connectivity index (χ3v) is 0.865. The zero-order chi connectivity index (χ0) is 8.91. The van der Waals surface area contributed by atoms with E-state index in [-0.39, 0.29) is 0 Å². The molecule has 0 aliphatic rings. The summed E-state index contributed by atoms with van der Waals surface area (Å²) in [6.45, 7) is 1.52. The molecule has 0 saturated carbocycles. The Labute approximate surface area is 63.5 Å². The van der Waals surface area contributed by atoms with Crippen LogP contribution in [0.5, 0.6) is 0 Å². The Kier molecular flexibility index (Phi) is 3.73. The van der Waals surface area contributed by atoms with Crippen molar-refractivity contribution in [3.63, 3.8) is 0 Å². The molecule has 0 spiro atoms. The van der Waals surface area contributed by atoms with Gasteiger partial charge in [-0.25, -0.2) is 4.79 Å². The molecule has 0 bridgehead atoms. The fourth-order valence-electron chi connectivity index (χ4n) is 0.291. The van der Waals surface area contributed by atoms with Crippen LogP contribution < -0.4 is 0 Å². The third-order valence-electron chi connectivity index (χ3n) is 0.865. The van der Waals surface area contributed by atoms with Crippen LogP contribution in [0.15, 0.2) is 12.7 Å². The lowest BCUT2D eigenvalue weighted by Gasteiger charge is -2.17. The zero-order valence-electron chi connectivity index (χ0n) is 5.86. The fourth-order valence-corrected chi connectivity index (χ4v) is 0.291. The molecule has 0 aliphatic carbocycles. The first kappa shape index (κ1) is 10.1. The summed E-state index contributed by atoms with van der Waals surface area (Å²) < 4.78 is 4.23. The molecule has 11 heavy (non-hydrogen) atoms. The van der Waals surface area contributed by atoms with E-state index >= 15 is 0 Å². The van der Waals surface area contributed by atoms with E-state index in [2.05, 4.69) is 11.3 Å². The largest absolute Gasteiger partial charge is 0.457 e. The Bertz CT molecular complexity index is 151. The van der Waals surface area contributed by atoms with Crippen LogP contribution in [0.3, 0.4) is 0 Å². The first-order valence-electron chi connectivity index (χ1n) is 2.86. The Morgan fingerprint density at radius 1 is 1.64 bits per heavy atom. The third kappa shape index (κ3) is 4.49. The normalized spacial score (nSPS) is 10.8. The fraction of sp³-hybridized carbons (Fsp3) is 0.500. The number of ether oxygens (including phenoxy) is 1. The first-order valence-corrected chi connectivity index (χ1v) is 2.86. The van der Waals surface area contributed by atoms with Crippen LogP contribution in [-0.4, -0.2) is 40.3 Å².